The second kappa shape index (κ2) is 7.33. The summed E-state index contributed by atoms with van der Waals surface area (Å²) in [7, 11) is 2.06. The van der Waals surface area contributed by atoms with Gasteiger partial charge in [-0.05, 0) is 55.5 Å². The lowest BCUT2D eigenvalue weighted by atomic mass is 9.93. The van der Waals surface area contributed by atoms with Crippen LogP contribution in [0.1, 0.15) is 30.7 Å². The van der Waals surface area contributed by atoms with Crippen LogP contribution in [-0.4, -0.2) is 40.1 Å². The van der Waals surface area contributed by atoms with Gasteiger partial charge < -0.3 is 9.88 Å². The monoisotopic (exact) mass is 354 g/mol. The standard InChI is InChI=1S/C21H27FN4/c1-25-14-12-24-20(25)16-26(19-15-21(19)8-10-23-11-9-21)13-2-3-17-4-6-18(22)7-5-17/h2-7,12,14,19,23H,8-11,13,15-16H2,1H3/b3-2+. The molecule has 1 spiro atoms. The maximum Gasteiger partial charge on any atom is 0.123 e. The highest BCUT2D eigenvalue weighted by atomic mass is 19.1. The summed E-state index contributed by atoms with van der Waals surface area (Å²) >= 11 is 0. The van der Waals surface area contributed by atoms with Crippen molar-refractivity contribution in [3.63, 3.8) is 0 Å². The van der Waals surface area contributed by atoms with E-state index >= 15 is 0 Å². The predicted molar refractivity (Wildman–Crippen MR) is 102 cm³/mol. The second-order valence-corrected chi connectivity index (χ2v) is 7.67. The third-order valence-corrected chi connectivity index (χ3v) is 5.97. The van der Waals surface area contributed by atoms with Gasteiger partial charge in [0.1, 0.15) is 11.6 Å². The van der Waals surface area contributed by atoms with Crippen LogP contribution in [0.4, 0.5) is 4.39 Å². The Labute approximate surface area is 154 Å². The molecular formula is C21H27FN4. The summed E-state index contributed by atoms with van der Waals surface area (Å²) in [5.74, 6) is 0.917. The van der Waals surface area contributed by atoms with E-state index in [-0.39, 0.29) is 5.82 Å². The Morgan fingerprint density at radius 3 is 2.77 bits per heavy atom. The molecule has 4 nitrogen and oxygen atoms in total. The van der Waals surface area contributed by atoms with Crippen molar-refractivity contribution in [2.75, 3.05) is 19.6 Å². The lowest BCUT2D eigenvalue weighted by Gasteiger charge is -2.28. The predicted octanol–water partition coefficient (Wildman–Crippen LogP) is 3.22. The van der Waals surface area contributed by atoms with Gasteiger partial charge in [0.05, 0.1) is 6.54 Å². The average molecular weight is 354 g/mol. The molecule has 1 unspecified atom stereocenters. The zero-order valence-electron chi connectivity index (χ0n) is 15.4. The van der Waals surface area contributed by atoms with Gasteiger partial charge in [-0.15, -0.1) is 0 Å². The van der Waals surface area contributed by atoms with Gasteiger partial charge in [0.25, 0.3) is 0 Å². The van der Waals surface area contributed by atoms with Crippen LogP contribution >= 0.6 is 0 Å². The van der Waals surface area contributed by atoms with Crippen molar-refractivity contribution in [2.45, 2.75) is 31.8 Å². The van der Waals surface area contributed by atoms with E-state index in [2.05, 4.69) is 39.0 Å². The lowest BCUT2D eigenvalue weighted by molar-refractivity contribution is 0.207. The lowest BCUT2D eigenvalue weighted by Crippen LogP contribution is -2.36. The second-order valence-electron chi connectivity index (χ2n) is 7.67. The van der Waals surface area contributed by atoms with Gasteiger partial charge in [-0.25, -0.2) is 9.37 Å². The van der Waals surface area contributed by atoms with Gasteiger partial charge in [-0.3, -0.25) is 4.90 Å². The number of aryl methyl sites for hydroxylation is 1. The molecule has 0 amide bonds. The van der Waals surface area contributed by atoms with Crippen LogP contribution in [0.3, 0.4) is 0 Å². The molecule has 1 N–H and O–H groups in total. The van der Waals surface area contributed by atoms with Crippen LogP contribution in [0.5, 0.6) is 0 Å². The van der Waals surface area contributed by atoms with E-state index in [1.165, 1.54) is 31.4 Å². The van der Waals surface area contributed by atoms with Crippen molar-refractivity contribution in [2.24, 2.45) is 12.5 Å². The summed E-state index contributed by atoms with van der Waals surface area (Å²) in [6, 6.07) is 7.30. The minimum atomic E-state index is -0.190. The Morgan fingerprint density at radius 1 is 1.31 bits per heavy atom. The summed E-state index contributed by atoms with van der Waals surface area (Å²) in [6.45, 7) is 4.04. The molecule has 0 bridgehead atoms. The fourth-order valence-corrected chi connectivity index (χ4v) is 4.24. The first kappa shape index (κ1) is 17.4. The summed E-state index contributed by atoms with van der Waals surface area (Å²) in [5, 5.41) is 3.48. The van der Waals surface area contributed by atoms with Gasteiger partial charge in [-0.1, -0.05) is 24.3 Å². The number of piperidine rings is 1. The van der Waals surface area contributed by atoms with E-state index in [0.29, 0.717) is 11.5 Å². The van der Waals surface area contributed by atoms with Crippen LogP contribution in [0.15, 0.2) is 42.7 Å². The van der Waals surface area contributed by atoms with Crippen LogP contribution < -0.4 is 5.32 Å². The zero-order valence-corrected chi connectivity index (χ0v) is 15.4. The number of benzene rings is 1. The molecule has 2 heterocycles. The molecule has 1 aliphatic heterocycles. The van der Waals surface area contributed by atoms with Gasteiger partial charge in [0.2, 0.25) is 0 Å². The summed E-state index contributed by atoms with van der Waals surface area (Å²) in [5.41, 5.74) is 1.54. The fourth-order valence-electron chi connectivity index (χ4n) is 4.24. The maximum absolute atomic E-state index is 13.1. The van der Waals surface area contributed by atoms with Crippen molar-refractivity contribution >= 4 is 6.08 Å². The number of halogens is 1. The van der Waals surface area contributed by atoms with E-state index < -0.39 is 0 Å². The maximum atomic E-state index is 13.1. The molecule has 2 fully saturated rings. The Kier molecular flexibility index (Phi) is 4.92. The summed E-state index contributed by atoms with van der Waals surface area (Å²) in [6.07, 6.45) is 12.0. The van der Waals surface area contributed by atoms with Crippen molar-refractivity contribution in [1.29, 1.82) is 0 Å². The van der Waals surface area contributed by atoms with Crippen molar-refractivity contribution in [1.82, 2.24) is 19.8 Å². The molecular weight excluding hydrogens is 327 g/mol. The number of aromatic nitrogens is 2. The topological polar surface area (TPSA) is 33.1 Å². The van der Waals surface area contributed by atoms with Gasteiger partial charge in [0.15, 0.2) is 0 Å². The molecule has 1 saturated carbocycles. The first-order valence-corrected chi connectivity index (χ1v) is 9.49. The molecule has 1 aliphatic carbocycles. The number of imidazole rings is 1. The average Bonchev–Trinajstić information content (AvgIpc) is 3.17. The number of hydrogen-bond donors (Lipinski definition) is 1. The molecule has 1 aromatic carbocycles. The minimum absolute atomic E-state index is 0.190. The minimum Gasteiger partial charge on any atom is -0.337 e. The third kappa shape index (κ3) is 3.74. The summed E-state index contributed by atoms with van der Waals surface area (Å²) in [4.78, 5) is 7.08. The molecule has 2 aliphatic rings. The smallest absolute Gasteiger partial charge is 0.123 e. The van der Waals surface area contributed by atoms with Gasteiger partial charge in [-0.2, -0.15) is 0 Å². The fraction of sp³-hybridized carbons (Fsp3) is 0.476. The molecule has 0 radical (unpaired) electrons. The van der Waals surface area contributed by atoms with Crippen molar-refractivity contribution < 1.29 is 4.39 Å². The number of rotatable bonds is 6. The van der Waals surface area contributed by atoms with Crippen molar-refractivity contribution in [3.8, 4) is 0 Å². The van der Waals surface area contributed by atoms with Crippen LogP contribution in [0.2, 0.25) is 0 Å². The molecule has 5 heteroatoms. The SMILES string of the molecule is Cn1ccnc1CN(C/C=C/c1ccc(F)cc1)C1CC12CCNCC2. The Hall–Kier alpha value is -1.98. The molecule has 4 rings (SSSR count). The van der Waals surface area contributed by atoms with Gasteiger partial charge in [0, 0.05) is 32.0 Å². The van der Waals surface area contributed by atoms with E-state index in [1.807, 2.05) is 24.5 Å². The highest BCUT2D eigenvalue weighted by molar-refractivity contribution is 5.49. The van der Waals surface area contributed by atoms with Crippen LogP contribution in [-0.2, 0) is 13.6 Å². The molecule has 138 valence electrons. The number of nitrogens with zero attached hydrogens (tertiary/aromatic N) is 3. The number of nitrogens with one attached hydrogen (secondary N) is 1. The Bertz CT molecular complexity index is 759. The third-order valence-electron chi connectivity index (χ3n) is 5.97. The summed E-state index contributed by atoms with van der Waals surface area (Å²) < 4.78 is 15.2. The number of hydrogen-bond acceptors (Lipinski definition) is 3. The quantitative estimate of drug-likeness (QED) is 0.865. The highest BCUT2D eigenvalue weighted by Crippen LogP contribution is 2.55. The Morgan fingerprint density at radius 2 is 2.08 bits per heavy atom. The first-order chi connectivity index (χ1) is 12.7. The largest absolute Gasteiger partial charge is 0.337 e. The van der Waals surface area contributed by atoms with Crippen molar-refractivity contribution in [3.05, 3.63) is 59.9 Å². The molecule has 1 atom stereocenters. The zero-order chi connectivity index (χ0) is 18.0. The van der Waals surface area contributed by atoms with Crippen LogP contribution in [0, 0.1) is 11.2 Å². The van der Waals surface area contributed by atoms with E-state index in [4.69, 9.17) is 0 Å². The first-order valence-electron chi connectivity index (χ1n) is 9.49. The molecule has 2 aromatic rings. The normalized spacial score (nSPS) is 21.7. The van der Waals surface area contributed by atoms with E-state index in [9.17, 15) is 4.39 Å². The van der Waals surface area contributed by atoms with E-state index in [1.54, 1.807) is 0 Å². The Balaban J connectivity index is 1.45. The molecule has 1 aromatic heterocycles. The van der Waals surface area contributed by atoms with E-state index in [0.717, 1.165) is 37.6 Å². The van der Waals surface area contributed by atoms with Gasteiger partial charge >= 0.3 is 0 Å². The van der Waals surface area contributed by atoms with Crippen LogP contribution in [0.25, 0.3) is 6.08 Å². The molecule has 1 saturated heterocycles. The highest BCUT2D eigenvalue weighted by Gasteiger charge is 2.56. The molecule has 26 heavy (non-hydrogen) atoms.